The molecule has 7 atom stereocenters. The zero-order valence-electron chi connectivity index (χ0n) is 23.1. The van der Waals surface area contributed by atoms with Crippen molar-refractivity contribution in [3.8, 4) is 11.8 Å². The van der Waals surface area contributed by atoms with Gasteiger partial charge in [0.25, 0.3) is 6.48 Å². The summed E-state index contributed by atoms with van der Waals surface area (Å²) in [5.74, 6) is -0.219. The van der Waals surface area contributed by atoms with Crippen molar-refractivity contribution in [2.75, 3.05) is 25.6 Å². The van der Waals surface area contributed by atoms with Gasteiger partial charge in [0.1, 0.15) is 54.6 Å². The molecular weight excluding hydrogens is 571 g/mol. The SMILES string of the molecule is CCOC(=O)[C@H](C)N[P@](=O)(OC[C@@]1(C#N)O[C@@H](c2ccc3c(N)ncnn23)[C@@H]2OC(OCC)O[C@@H]21)Oc1ccccc1. The number of benzene rings is 1. The third-order valence-corrected chi connectivity index (χ3v) is 8.25. The second-order valence-electron chi connectivity index (χ2n) is 9.42. The van der Waals surface area contributed by atoms with Crippen molar-refractivity contribution in [1.82, 2.24) is 19.7 Å². The number of hydrogen-bond donors (Lipinski definition) is 2. The standard InChI is InChI=1S/C26H31N6O9P/c1-4-35-24(33)16(3)31-42(34,41-17-9-7-6-8-10-17)37-14-26(13-27)22-21(38-25(39-22)36-5-2)20(40-26)18-11-12-19-23(28)29-15-30-32(18)19/h6-12,15-16,20-22,25H,4-5,14H2,1-3H3,(H,31,34)(H2,28,29,30)/t16-,20-,21-,22-,25?,26+,42-/m0/s1. The molecule has 0 radical (unpaired) electrons. The van der Waals surface area contributed by atoms with Crippen molar-refractivity contribution in [1.29, 1.82) is 5.26 Å². The topological polar surface area (TPSA) is 191 Å². The monoisotopic (exact) mass is 602 g/mol. The van der Waals surface area contributed by atoms with Crippen LogP contribution in [0.25, 0.3) is 5.52 Å². The minimum atomic E-state index is -4.32. The zero-order chi connectivity index (χ0) is 29.9. The summed E-state index contributed by atoms with van der Waals surface area (Å²) in [6.07, 6.45) is -1.50. The van der Waals surface area contributed by atoms with E-state index >= 15 is 0 Å². The molecule has 2 aliphatic rings. The number of nitrogens with zero attached hydrogens (tertiary/aromatic N) is 4. The summed E-state index contributed by atoms with van der Waals surface area (Å²) < 4.78 is 55.9. The summed E-state index contributed by atoms with van der Waals surface area (Å²) in [6, 6.07) is 12.7. The number of nitrogens with two attached hydrogens (primary N) is 1. The quantitative estimate of drug-likeness (QED) is 0.227. The summed E-state index contributed by atoms with van der Waals surface area (Å²) >= 11 is 0. The molecule has 2 aromatic heterocycles. The number of ether oxygens (including phenoxy) is 5. The number of esters is 1. The Morgan fingerprint density at radius 3 is 2.74 bits per heavy atom. The highest BCUT2D eigenvalue weighted by Gasteiger charge is 2.64. The molecule has 2 aliphatic heterocycles. The van der Waals surface area contributed by atoms with E-state index in [2.05, 4.69) is 21.2 Å². The van der Waals surface area contributed by atoms with E-state index in [9.17, 15) is 14.6 Å². The smallest absolute Gasteiger partial charge is 0.459 e. The summed E-state index contributed by atoms with van der Waals surface area (Å²) in [5.41, 5.74) is 5.19. The van der Waals surface area contributed by atoms with Crippen LogP contribution in [0.1, 0.15) is 32.6 Å². The maximum absolute atomic E-state index is 14.0. The number of rotatable bonds is 12. The van der Waals surface area contributed by atoms with E-state index in [1.807, 2.05) is 0 Å². The maximum atomic E-state index is 14.0. The zero-order valence-corrected chi connectivity index (χ0v) is 24.0. The van der Waals surface area contributed by atoms with Gasteiger partial charge in [-0.1, -0.05) is 18.2 Å². The Balaban J connectivity index is 1.46. The van der Waals surface area contributed by atoms with Gasteiger partial charge in [-0.25, -0.2) is 14.1 Å². The summed E-state index contributed by atoms with van der Waals surface area (Å²) in [6.45, 7) is 3.57. The predicted octanol–water partition coefficient (Wildman–Crippen LogP) is 2.49. The van der Waals surface area contributed by atoms with Gasteiger partial charge in [-0.05, 0) is 45.0 Å². The fourth-order valence-electron chi connectivity index (χ4n) is 4.71. The normalized spacial score (nSPS) is 27.2. The van der Waals surface area contributed by atoms with Crippen molar-refractivity contribution in [2.45, 2.75) is 57.2 Å². The first-order valence-electron chi connectivity index (χ1n) is 13.3. The second kappa shape index (κ2) is 12.3. The Labute approximate surface area is 241 Å². The molecule has 0 aliphatic carbocycles. The Kier molecular flexibility index (Phi) is 8.76. The number of nitrogen functional groups attached to an aromatic ring is 1. The van der Waals surface area contributed by atoms with Crippen molar-refractivity contribution in [3.05, 3.63) is 54.5 Å². The van der Waals surface area contributed by atoms with Gasteiger partial charge in [-0.2, -0.15) is 15.4 Å². The highest BCUT2D eigenvalue weighted by atomic mass is 31.2. The number of hydrogen-bond acceptors (Lipinski definition) is 13. The van der Waals surface area contributed by atoms with Crippen molar-refractivity contribution in [3.63, 3.8) is 0 Å². The van der Waals surface area contributed by atoms with Gasteiger partial charge in [-0.3, -0.25) is 9.32 Å². The number of para-hydroxylation sites is 1. The average Bonchev–Trinajstić information content (AvgIpc) is 3.67. The van der Waals surface area contributed by atoms with Gasteiger partial charge in [0.15, 0.2) is 5.82 Å². The van der Waals surface area contributed by atoms with E-state index in [1.165, 1.54) is 17.8 Å². The number of nitrogens with one attached hydrogen (secondary N) is 1. The highest BCUT2D eigenvalue weighted by Crippen LogP contribution is 2.51. The third kappa shape index (κ3) is 5.83. The van der Waals surface area contributed by atoms with E-state index in [0.717, 1.165) is 0 Å². The van der Waals surface area contributed by atoms with Gasteiger partial charge in [0.2, 0.25) is 5.60 Å². The number of carbonyl (C=O) groups excluding carboxylic acids is 1. The lowest BCUT2D eigenvalue weighted by molar-refractivity contribution is -0.268. The fraction of sp³-hybridized carbons (Fsp3) is 0.462. The molecular formula is C26H31N6O9P. The lowest BCUT2D eigenvalue weighted by Crippen LogP contribution is -2.46. The second-order valence-corrected chi connectivity index (χ2v) is 11.1. The van der Waals surface area contributed by atoms with Crippen LogP contribution in [0.3, 0.4) is 0 Å². The Hall–Kier alpha value is -3.61. The van der Waals surface area contributed by atoms with Crippen LogP contribution in [0.4, 0.5) is 5.82 Å². The molecule has 1 unspecified atom stereocenters. The summed E-state index contributed by atoms with van der Waals surface area (Å²) in [4.78, 5) is 16.3. The molecule has 0 spiro atoms. The van der Waals surface area contributed by atoms with Gasteiger partial charge in [0.05, 0.1) is 12.3 Å². The first kappa shape index (κ1) is 29.9. The van der Waals surface area contributed by atoms with Crippen molar-refractivity contribution in [2.24, 2.45) is 0 Å². The first-order valence-corrected chi connectivity index (χ1v) is 14.8. The summed E-state index contributed by atoms with van der Waals surface area (Å²) in [5, 5.41) is 17.3. The molecule has 0 saturated carbocycles. The van der Waals surface area contributed by atoms with E-state index in [-0.39, 0.29) is 24.8 Å². The molecule has 0 bridgehead atoms. The molecule has 0 amide bonds. The van der Waals surface area contributed by atoms with Crippen LogP contribution in [0.5, 0.6) is 5.75 Å². The Bertz CT molecular complexity index is 1500. The number of carbonyl (C=O) groups is 1. The van der Waals surface area contributed by atoms with Gasteiger partial charge in [0, 0.05) is 6.61 Å². The average molecular weight is 603 g/mol. The maximum Gasteiger partial charge on any atom is 0.459 e. The molecule has 15 nitrogen and oxygen atoms in total. The van der Waals surface area contributed by atoms with Crippen molar-refractivity contribution >= 4 is 25.1 Å². The van der Waals surface area contributed by atoms with E-state index in [1.54, 1.807) is 56.3 Å². The van der Waals surface area contributed by atoms with E-state index < -0.39 is 56.8 Å². The predicted molar refractivity (Wildman–Crippen MR) is 145 cm³/mol. The highest BCUT2D eigenvalue weighted by molar-refractivity contribution is 7.52. The Morgan fingerprint density at radius 2 is 2.02 bits per heavy atom. The van der Waals surface area contributed by atoms with Gasteiger partial charge < -0.3 is 33.9 Å². The van der Waals surface area contributed by atoms with Crippen molar-refractivity contribution < 1.29 is 42.1 Å². The van der Waals surface area contributed by atoms with Crippen LogP contribution in [-0.4, -0.2) is 70.7 Å². The molecule has 2 saturated heterocycles. The number of anilines is 1. The molecule has 16 heteroatoms. The first-order chi connectivity index (χ1) is 20.2. The molecule has 5 rings (SSSR count). The van der Waals surface area contributed by atoms with Crippen LogP contribution >= 0.6 is 7.75 Å². The third-order valence-electron chi connectivity index (χ3n) is 6.62. The van der Waals surface area contributed by atoms with Crippen LogP contribution in [0, 0.1) is 11.3 Å². The minimum absolute atomic E-state index is 0.120. The fourth-order valence-corrected chi connectivity index (χ4v) is 6.23. The largest absolute Gasteiger partial charge is 0.465 e. The molecule has 224 valence electrons. The lowest BCUT2D eigenvalue weighted by Gasteiger charge is -2.29. The van der Waals surface area contributed by atoms with Gasteiger partial charge >= 0.3 is 13.7 Å². The lowest BCUT2D eigenvalue weighted by atomic mass is 9.96. The molecule has 3 aromatic rings. The van der Waals surface area contributed by atoms with Crippen LogP contribution in [0.15, 0.2) is 48.8 Å². The number of fused-ring (bicyclic) bond motifs is 2. The molecule has 3 N–H and O–H groups in total. The van der Waals surface area contributed by atoms with Crippen LogP contribution in [0.2, 0.25) is 0 Å². The number of aromatic nitrogens is 3. The van der Waals surface area contributed by atoms with Gasteiger partial charge in [-0.15, -0.1) is 0 Å². The molecule has 42 heavy (non-hydrogen) atoms. The molecule has 1 aromatic carbocycles. The molecule has 2 fully saturated rings. The van der Waals surface area contributed by atoms with Crippen LogP contribution < -0.4 is 15.3 Å². The van der Waals surface area contributed by atoms with E-state index in [0.29, 0.717) is 11.2 Å². The summed E-state index contributed by atoms with van der Waals surface area (Å²) in [7, 11) is -4.32. The minimum Gasteiger partial charge on any atom is -0.465 e. The van der Waals surface area contributed by atoms with E-state index in [4.69, 9.17) is 38.5 Å². The number of nitriles is 1. The Morgan fingerprint density at radius 1 is 1.24 bits per heavy atom. The molecule has 4 heterocycles. The van der Waals surface area contributed by atoms with Crippen LogP contribution in [-0.2, 0) is 37.6 Å².